The zero-order valence-corrected chi connectivity index (χ0v) is 15.7. The van der Waals surface area contributed by atoms with Gasteiger partial charge in [-0.05, 0) is 26.0 Å². The average Bonchev–Trinajstić information content (AvgIpc) is 3.15. The van der Waals surface area contributed by atoms with Gasteiger partial charge >= 0.3 is 17.8 Å². The van der Waals surface area contributed by atoms with Crippen molar-refractivity contribution in [3.8, 4) is 0 Å². The fourth-order valence-corrected chi connectivity index (χ4v) is 5.02. The maximum atomic E-state index is 14.6. The van der Waals surface area contributed by atoms with Gasteiger partial charge in [0.25, 0.3) is 0 Å². The molecule has 2 heterocycles. The van der Waals surface area contributed by atoms with E-state index in [4.69, 9.17) is 0 Å². The lowest BCUT2D eigenvalue weighted by molar-refractivity contribution is -0.254. The Morgan fingerprint density at radius 3 is 1.37 bits per heavy atom. The molecule has 2 nitrogen and oxygen atoms in total. The Bertz CT molecular complexity index is 854. The number of aliphatic hydroxyl groups excluding tert-OH is 2. The van der Waals surface area contributed by atoms with Crippen molar-refractivity contribution in [3.05, 3.63) is 42.8 Å². The summed E-state index contributed by atoms with van der Waals surface area (Å²) in [7, 11) is 0. The number of aryl methyl sites for hydroxylation is 2. The number of aliphatic hydroxyl groups is 2. The Morgan fingerprint density at radius 2 is 1.07 bits per heavy atom. The third kappa shape index (κ3) is 2.68. The molecule has 2 aromatic rings. The molecule has 1 aliphatic rings. The summed E-state index contributed by atoms with van der Waals surface area (Å²) >= 11 is 1.72. The molecular weight excluding hydrogens is 414 g/mol. The zero-order chi connectivity index (χ0) is 20.4. The molecule has 0 bridgehead atoms. The Kier molecular flexibility index (Phi) is 4.78. The van der Waals surface area contributed by atoms with Gasteiger partial charge in [0, 0.05) is 41.8 Å². The van der Waals surface area contributed by atoms with Crippen LogP contribution in [-0.2, 0) is 13.2 Å². The second-order valence-electron chi connectivity index (χ2n) is 6.18. The first-order chi connectivity index (χ1) is 12.4. The molecule has 0 aromatic carbocycles. The number of halogens is 6. The van der Waals surface area contributed by atoms with Gasteiger partial charge in [0.15, 0.2) is 0 Å². The SMILES string of the molecule is Cc1cc(C2=C(c3cc(C)sc3CO)C(F)(F)C(F)(F)C2(F)F)c(CO)s1. The van der Waals surface area contributed by atoms with Crippen LogP contribution in [0.4, 0.5) is 26.3 Å². The van der Waals surface area contributed by atoms with E-state index < -0.39 is 53.3 Å². The van der Waals surface area contributed by atoms with Crippen LogP contribution in [0.1, 0.15) is 30.6 Å². The highest BCUT2D eigenvalue weighted by molar-refractivity contribution is 7.12. The van der Waals surface area contributed by atoms with Gasteiger partial charge in [-0.15, -0.1) is 22.7 Å². The molecule has 27 heavy (non-hydrogen) atoms. The largest absolute Gasteiger partial charge is 0.391 e. The molecule has 0 saturated carbocycles. The monoisotopic (exact) mass is 428 g/mol. The van der Waals surface area contributed by atoms with Gasteiger partial charge < -0.3 is 10.2 Å². The first-order valence-electron chi connectivity index (χ1n) is 7.69. The van der Waals surface area contributed by atoms with Crippen molar-refractivity contribution in [3.63, 3.8) is 0 Å². The van der Waals surface area contributed by atoms with E-state index >= 15 is 0 Å². The van der Waals surface area contributed by atoms with Gasteiger partial charge in [-0.25, -0.2) is 0 Å². The summed E-state index contributed by atoms with van der Waals surface area (Å²) in [5.41, 5.74) is -4.05. The number of allylic oxidation sites excluding steroid dienone is 2. The second kappa shape index (κ2) is 6.33. The molecule has 3 rings (SSSR count). The number of alkyl halides is 6. The predicted octanol–water partition coefficient (Wildman–Crippen LogP) is 5.24. The normalized spacial score (nSPS) is 20.5. The molecule has 0 amide bonds. The molecule has 0 saturated heterocycles. The Hall–Kier alpha value is -1.36. The van der Waals surface area contributed by atoms with Gasteiger partial charge in [0.1, 0.15) is 0 Å². The maximum Gasteiger partial charge on any atom is 0.380 e. The van der Waals surface area contributed by atoms with E-state index in [0.717, 1.165) is 34.8 Å². The molecule has 2 aromatic heterocycles. The van der Waals surface area contributed by atoms with E-state index in [2.05, 4.69) is 0 Å². The van der Waals surface area contributed by atoms with Crippen molar-refractivity contribution >= 4 is 33.8 Å². The van der Waals surface area contributed by atoms with E-state index in [-0.39, 0.29) is 9.75 Å². The smallest absolute Gasteiger partial charge is 0.380 e. The molecule has 1 aliphatic carbocycles. The van der Waals surface area contributed by atoms with E-state index in [9.17, 15) is 36.6 Å². The first kappa shape index (κ1) is 20.4. The lowest BCUT2D eigenvalue weighted by atomic mass is 9.95. The van der Waals surface area contributed by atoms with Gasteiger partial charge in [-0.3, -0.25) is 0 Å². The molecule has 0 fully saturated rings. The average molecular weight is 428 g/mol. The van der Waals surface area contributed by atoms with E-state index in [1.165, 1.54) is 13.8 Å². The lowest BCUT2D eigenvalue weighted by Crippen LogP contribution is -2.49. The highest BCUT2D eigenvalue weighted by atomic mass is 32.1. The van der Waals surface area contributed by atoms with Gasteiger partial charge in [0.05, 0.1) is 13.2 Å². The number of thiophene rings is 2. The fourth-order valence-electron chi connectivity index (χ4n) is 3.22. The third-order valence-corrected chi connectivity index (χ3v) is 6.43. The zero-order valence-electron chi connectivity index (χ0n) is 14.0. The summed E-state index contributed by atoms with van der Waals surface area (Å²) < 4.78 is 87.0. The van der Waals surface area contributed by atoms with Gasteiger partial charge in [0.2, 0.25) is 0 Å². The Balaban J connectivity index is 2.46. The van der Waals surface area contributed by atoms with Crippen LogP contribution >= 0.6 is 22.7 Å². The van der Waals surface area contributed by atoms with Crippen LogP contribution in [0.5, 0.6) is 0 Å². The van der Waals surface area contributed by atoms with Crippen LogP contribution in [0.25, 0.3) is 11.1 Å². The van der Waals surface area contributed by atoms with Crippen LogP contribution in [0.15, 0.2) is 12.1 Å². The molecule has 0 aliphatic heterocycles. The quantitative estimate of drug-likeness (QED) is 0.654. The number of rotatable bonds is 4. The molecule has 10 heteroatoms. The lowest BCUT2D eigenvalue weighted by Gasteiger charge is -2.25. The van der Waals surface area contributed by atoms with Gasteiger partial charge in [-0.2, -0.15) is 26.3 Å². The Labute approximate surface area is 158 Å². The summed E-state index contributed by atoms with van der Waals surface area (Å²) in [4.78, 5) is 0.592. The second-order valence-corrected chi connectivity index (χ2v) is 8.86. The van der Waals surface area contributed by atoms with Gasteiger partial charge in [-0.1, -0.05) is 0 Å². The number of hydrogen-bond acceptors (Lipinski definition) is 4. The van der Waals surface area contributed by atoms with E-state index in [1.54, 1.807) is 0 Å². The highest BCUT2D eigenvalue weighted by Crippen LogP contribution is 2.65. The topological polar surface area (TPSA) is 40.5 Å². The van der Waals surface area contributed by atoms with Crippen molar-refractivity contribution in [1.82, 2.24) is 0 Å². The maximum absolute atomic E-state index is 14.6. The molecule has 0 unspecified atom stereocenters. The molecular formula is C17H14F6O2S2. The van der Waals surface area contributed by atoms with Crippen LogP contribution in [0.3, 0.4) is 0 Å². The minimum Gasteiger partial charge on any atom is -0.391 e. The van der Waals surface area contributed by atoms with E-state index in [1.807, 2.05) is 0 Å². The molecule has 0 atom stereocenters. The third-order valence-electron chi connectivity index (χ3n) is 4.36. The van der Waals surface area contributed by atoms with Crippen LogP contribution in [0.2, 0.25) is 0 Å². The summed E-state index contributed by atoms with van der Waals surface area (Å²) in [6, 6.07) is 2.18. The standard InChI is InChI=1S/C17H14F6O2S2/c1-7-3-9(11(5-24)26-7)13-14(10-4-8(2)27-12(10)6-25)16(20,21)17(22,23)15(13,18)19/h3-4,24-25H,5-6H2,1-2H3. The van der Waals surface area contributed by atoms with Crippen molar-refractivity contribution in [1.29, 1.82) is 0 Å². The predicted molar refractivity (Wildman–Crippen MR) is 91.6 cm³/mol. The molecule has 0 radical (unpaired) electrons. The first-order valence-corrected chi connectivity index (χ1v) is 9.33. The van der Waals surface area contributed by atoms with Crippen LogP contribution < -0.4 is 0 Å². The minimum atomic E-state index is -5.66. The van der Waals surface area contributed by atoms with Crippen LogP contribution in [-0.4, -0.2) is 28.0 Å². The number of hydrogen-bond donors (Lipinski definition) is 2. The van der Waals surface area contributed by atoms with E-state index in [0.29, 0.717) is 9.75 Å². The Morgan fingerprint density at radius 1 is 0.741 bits per heavy atom. The summed E-state index contributed by atoms with van der Waals surface area (Å²) in [5, 5.41) is 18.8. The fraction of sp³-hybridized carbons (Fsp3) is 0.412. The highest BCUT2D eigenvalue weighted by Gasteiger charge is 2.80. The van der Waals surface area contributed by atoms with Crippen LogP contribution in [0, 0.1) is 13.8 Å². The summed E-state index contributed by atoms with van der Waals surface area (Å²) in [6.07, 6.45) is 0. The molecule has 2 N–H and O–H groups in total. The molecule has 148 valence electrons. The summed E-state index contributed by atoms with van der Waals surface area (Å²) in [6.45, 7) is 1.47. The van der Waals surface area contributed by atoms with Crippen molar-refractivity contribution < 1.29 is 36.6 Å². The molecule has 0 spiro atoms. The van der Waals surface area contributed by atoms with Crippen molar-refractivity contribution in [2.45, 2.75) is 44.8 Å². The van der Waals surface area contributed by atoms with Crippen molar-refractivity contribution in [2.75, 3.05) is 0 Å². The van der Waals surface area contributed by atoms with Crippen molar-refractivity contribution in [2.24, 2.45) is 0 Å². The minimum absolute atomic E-state index is 0.106. The summed E-state index contributed by atoms with van der Waals surface area (Å²) in [5.74, 6) is -16.0.